The molecule has 1 amide bonds. The SMILES string of the molecule is CCS(=O)(=O)c1ccc(OCC2CC2)c(C2=CN(C)C(=O)C3NCCOC23)c1. The Morgan fingerprint density at radius 1 is 1.32 bits per heavy atom. The molecular formula is C20H26N2O5S. The summed E-state index contributed by atoms with van der Waals surface area (Å²) < 4.78 is 36.9. The monoisotopic (exact) mass is 406 g/mol. The normalized spacial score (nSPS) is 25.3. The maximum Gasteiger partial charge on any atom is 0.246 e. The van der Waals surface area contributed by atoms with Gasteiger partial charge < -0.3 is 19.7 Å². The largest absolute Gasteiger partial charge is 0.493 e. The fourth-order valence-corrected chi connectivity index (χ4v) is 4.50. The first-order chi connectivity index (χ1) is 13.4. The highest BCUT2D eigenvalue weighted by molar-refractivity contribution is 7.91. The van der Waals surface area contributed by atoms with E-state index < -0.39 is 22.0 Å². The van der Waals surface area contributed by atoms with E-state index in [2.05, 4.69) is 5.32 Å². The number of nitrogens with zero attached hydrogens (tertiary/aromatic N) is 1. The molecule has 1 saturated heterocycles. The summed E-state index contributed by atoms with van der Waals surface area (Å²) in [5.74, 6) is 1.16. The van der Waals surface area contributed by atoms with Gasteiger partial charge in [0.1, 0.15) is 17.9 Å². The average molecular weight is 407 g/mol. The Bertz CT molecular complexity index is 907. The Hall–Kier alpha value is -1.90. The van der Waals surface area contributed by atoms with Gasteiger partial charge in [-0.3, -0.25) is 4.79 Å². The average Bonchev–Trinajstić information content (AvgIpc) is 3.53. The molecule has 2 atom stereocenters. The number of amides is 1. The van der Waals surface area contributed by atoms with Crippen LogP contribution in [0.4, 0.5) is 0 Å². The molecule has 7 nitrogen and oxygen atoms in total. The lowest BCUT2D eigenvalue weighted by atomic mass is 9.91. The second-order valence-electron chi connectivity index (χ2n) is 7.57. The zero-order valence-electron chi connectivity index (χ0n) is 16.2. The molecule has 1 N–H and O–H groups in total. The van der Waals surface area contributed by atoms with Crippen molar-refractivity contribution in [2.45, 2.75) is 36.8 Å². The Kier molecular flexibility index (Phi) is 5.20. The lowest BCUT2D eigenvalue weighted by molar-refractivity contribution is -0.135. The fraction of sp³-hybridized carbons (Fsp3) is 0.550. The van der Waals surface area contributed by atoms with Crippen LogP contribution in [0.1, 0.15) is 25.3 Å². The highest BCUT2D eigenvalue weighted by atomic mass is 32.2. The van der Waals surface area contributed by atoms with Crippen molar-refractivity contribution in [2.24, 2.45) is 5.92 Å². The zero-order chi connectivity index (χ0) is 19.9. The maximum atomic E-state index is 12.5. The van der Waals surface area contributed by atoms with Gasteiger partial charge in [-0.1, -0.05) is 6.92 Å². The van der Waals surface area contributed by atoms with Crippen molar-refractivity contribution in [3.05, 3.63) is 30.0 Å². The number of benzene rings is 1. The summed E-state index contributed by atoms with van der Waals surface area (Å²) >= 11 is 0. The number of hydrogen-bond donors (Lipinski definition) is 1. The smallest absolute Gasteiger partial charge is 0.246 e. The summed E-state index contributed by atoms with van der Waals surface area (Å²) in [4.78, 5) is 14.3. The minimum absolute atomic E-state index is 0.0241. The van der Waals surface area contributed by atoms with E-state index in [1.807, 2.05) is 0 Å². The van der Waals surface area contributed by atoms with Gasteiger partial charge in [0.25, 0.3) is 0 Å². The molecule has 0 spiro atoms. The van der Waals surface area contributed by atoms with Crippen LogP contribution in [0.25, 0.3) is 5.57 Å². The third-order valence-electron chi connectivity index (χ3n) is 5.49. The molecular weight excluding hydrogens is 380 g/mol. The van der Waals surface area contributed by atoms with Crippen molar-refractivity contribution in [1.82, 2.24) is 10.2 Å². The van der Waals surface area contributed by atoms with Crippen molar-refractivity contribution >= 4 is 21.3 Å². The molecule has 152 valence electrons. The predicted octanol–water partition coefficient (Wildman–Crippen LogP) is 1.44. The molecule has 8 heteroatoms. The Morgan fingerprint density at radius 2 is 2.11 bits per heavy atom. The molecule has 2 unspecified atom stereocenters. The van der Waals surface area contributed by atoms with Gasteiger partial charge in [0.05, 0.1) is 23.9 Å². The first kappa shape index (κ1) is 19.4. The second-order valence-corrected chi connectivity index (χ2v) is 9.85. The van der Waals surface area contributed by atoms with Crippen LogP contribution in [0, 0.1) is 5.92 Å². The summed E-state index contributed by atoms with van der Waals surface area (Å²) in [6.45, 7) is 3.33. The van der Waals surface area contributed by atoms with Crippen LogP contribution in [-0.2, 0) is 19.4 Å². The van der Waals surface area contributed by atoms with Gasteiger partial charge in [-0.05, 0) is 37.0 Å². The highest BCUT2D eigenvalue weighted by Gasteiger charge is 2.41. The van der Waals surface area contributed by atoms with Gasteiger partial charge in [0.15, 0.2) is 9.84 Å². The van der Waals surface area contributed by atoms with Gasteiger partial charge in [-0.2, -0.15) is 0 Å². The van der Waals surface area contributed by atoms with Crippen molar-refractivity contribution in [2.75, 3.05) is 32.6 Å². The molecule has 1 aromatic rings. The molecule has 1 aromatic carbocycles. The van der Waals surface area contributed by atoms with E-state index in [9.17, 15) is 13.2 Å². The minimum atomic E-state index is -3.37. The van der Waals surface area contributed by atoms with E-state index in [1.165, 1.54) is 4.90 Å². The van der Waals surface area contributed by atoms with Crippen LogP contribution < -0.4 is 10.1 Å². The van der Waals surface area contributed by atoms with Crippen LogP contribution in [0.3, 0.4) is 0 Å². The number of fused-ring (bicyclic) bond motifs is 1. The van der Waals surface area contributed by atoms with Crippen LogP contribution in [0.2, 0.25) is 0 Å². The topological polar surface area (TPSA) is 84.9 Å². The van der Waals surface area contributed by atoms with Crippen LogP contribution in [0.5, 0.6) is 5.75 Å². The molecule has 2 heterocycles. The molecule has 28 heavy (non-hydrogen) atoms. The summed E-state index contributed by atoms with van der Waals surface area (Å²) in [5.41, 5.74) is 1.44. The number of nitrogens with one attached hydrogen (secondary N) is 1. The summed E-state index contributed by atoms with van der Waals surface area (Å²) in [7, 11) is -1.67. The van der Waals surface area contributed by atoms with E-state index >= 15 is 0 Å². The van der Waals surface area contributed by atoms with Crippen LogP contribution in [0.15, 0.2) is 29.3 Å². The maximum absolute atomic E-state index is 12.5. The van der Waals surface area contributed by atoms with Crippen LogP contribution in [-0.4, -0.2) is 63.9 Å². The van der Waals surface area contributed by atoms with Gasteiger partial charge in [-0.25, -0.2) is 8.42 Å². The molecule has 0 radical (unpaired) electrons. The quantitative estimate of drug-likeness (QED) is 0.770. The van der Waals surface area contributed by atoms with Crippen molar-refractivity contribution in [1.29, 1.82) is 0 Å². The van der Waals surface area contributed by atoms with E-state index in [1.54, 1.807) is 38.4 Å². The lowest BCUT2D eigenvalue weighted by Gasteiger charge is -2.39. The van der Waals surface area contributed by atoms with Gasteiger partial charge >= 0.3 is 0 Å². The van der Waals surface area contributed by atoms with Gasteiger partial charge in [-0.15, -0.1) is 0 Å². The Balaban J connectivity index is 1.79. The van der Waals surface area contributed by atoms with Crippen molar-refractivity contribution in [3.8, 4) is 5.75 Å². The Labute approximate surface area is 165 Å². The van der Waals surface area contributed by atoms with E-state index in [4.69, 9.17) is 9.47 Å². The van der Waals surface area contributed by atoms with Gasteiger partial charge in [0.2, 0.25) is 5.91 Å². The van der Waals surface area contributed by atoms with Crippen LogP contribution >= 0.6 is 0 Å². The number of sulfone groups is 1. The second kappa shape index (κ2) is 7.50. The number of carbonyl (C=O) groups is 1. The van der Waals surface area contributed by atoms with Crippen molar-refractivity contribution in [3.63, 3.8) is 0 Å². The van der Waals surface area contributed by atoms with E-state index in [-0.39, 0.29) is 16.6 Å². The third-order valence-corrected chi connectivity index (χ3v) is 7.22. The molecule has 4 rings (SSSR count). The number of hydrogen-bond acceptors (Lipinski definition) is 6. The molecule has 0 aromatic heterocycles. The van der Waals surface area contributed by atoms with E-state index in [0.29, 0.717) is 37.0 Å². The number of ether oxygens (including phenoxy) is 2. The Morgan fingerprint density at radius 3 is 2.82 bits per heavy atom. The fourth-order valence-electron chi connectivity index (χ4n) is 3.59. The molecule has 1 saturated carbocycles. The zero-order valence-corrected chi connectivity index (χ0v) is 17.0. The number of morpholine rings is 1. The van der Waals surface area contributed by atoms with Gasteiger partial charge in [0, 0.05) is 30.9 Å². The number of carbonyl (C=O) groups excluding carboxylic acids is 1. The molecule has 2 aliphatic heterocycles. The third kappa shape index (κ3) is 3.68. The molecule has 3 aliphatic rings. The summed E-state index contributed by atoms with van der Waals surface area (Å²) in [5, 5.41) is 3.22. The minimum Gasteiger partial charge on any atom is -0.493 e. The summed E-state index contributed by atoms with van der Waals surface area (Å²) in [6.07, 6.45) is 3.59. The standard InChI is InChI=1S/C20H26N2O5S/c1-3-28(24,25)14-6-7-17(27-12-13-4-5-13)15(10-14)16-11-22(2)20(23)18-19(16)26-9-8-21-18/h6-7,10-11,13,18-19,21H,3-5,8-9,12H2,1-2H3. The summed E-state index contributed by atoms with van der Waals surface area (Å²) in [6, 6.07) is 4.50. The highest BCUT2D eigenvalue weighted by Crippen LogP contribution is 2.38. The van der Waals surface area contributed by atoms with Crippen molar-refractivity contribution < 1.29 is 22.7 Å². The predicted molar refractivity (Wildman–Crippen MR) is 105 cm³/mol. The van der Waals surface area contributed by atoms with E-state index in [0.717, 1.165) is 18.4 Å². The lowest BCUT2D eigenvalue weighted by Crippen LogP contribution is -2.58. The first-order valence-corrected chi connectivity index (χ1v) is 11.4. The first-order valence-electron chi connectivity index (χ1n) is 9.74. The molecule has 0 bridgehead atoms. The number of rotatable bonds is 6. The molecule has 2 fully saturated rings. The molecule has 1 aliphatic carbocycles. The number of likely N-dealkylation sites (N-methyl/N-ethyl adjacent to an activating group) is 1.